The van der Waals surface area contributed by atoms with Crippen LogP contribution in [0.1, 0.15) is 6.42 Å². The van der Waals surface area contributed by atoms with Gasteiger partial charge in [0.15, 0.2) is 0 Å². The number of sulfonamides is 2. The zero-order valence-corrected chi connectivity index (χ0v) is 18.0. The maximum Gasteiger partial charge on any atom is 0.257 e. The summed E-state index contributed by atoms with van der Waals surface area (Å²) in [5.41, 5.74) is 0.669. The molecule has 3 aromatic rings. The van der Waals surface area contributed by atoms with Crippen LogP contribution in [0, 0.1) is 0 Å². The third-order valence-corrected chi connectivity index (χ3v) is 10.2. The number of thiophene rings is 1. The Kier molecular flexibility index (Phi) is 4.96. The van der Waals surface area contributed by atoms with E-state index in [1.165, 1.54) is 22.5 Å². The van der Waals surface area contributed by atoms with Crippen LogP contribution < -0.4 is 9.46 Å². The van der Waals surface area contributed by atoms with E-state index in [1.807, 2.05) is 0 Å². The number of aryl methyl sites for hydroxylation is 1. The summed E-state index contributed by atoms with van der Waals surface area (Å²) < 4.78 is 56.3. The summed E-state index contributed by atoms with van der Waals surface area (Å²) >= 11 is 2.14. The molecule has 0 saturated carbocycles. The number of nitrogens with zero attached hydrogens (tertiary/aromatic N) is 2. The van der Waals surface area contributed by atoms with Gasteiger partial charge < -0.3 is 0 Å². The molecule has 0 spiro atoms. The van der Waals surface area contributed by atoms with Gasteiger partial charge >= 0.3 is 0 Å². The molecule has 1 atom stereocenters. The lowest BCUT2D eigenvalue weighted by atomic mass is 10.2. The maximum atomic E-state index is 12.8. The third-order valence-electron chi connectivity index (χ3n) is 4.62. The van der Waals surface area contributed by atoms with Crippen molar-refractivity contribution in [3.8, 4) is 0 Å². The van der Waals surface area contributed by atoms with Crippen molar-refractivity contribution >= 4 is 53.8 Å². The predicted molar refractivity (Wildman–Crippen MR) is 109 cm³/mol. The summed E-state index contributed by atoms with van der Waals surface area (Å²) in [6.07, 6.45) is 0.381. The Morgan fingerprint density at radius 2 is 1.96 bits per heavy atom. The molecule has 8 nitrogen and oxygen atoms in total. The van der Waals surface area contributed by atoms with Crippen LogP contribution in [0.3, 0.4) is 0 Å². The topological polar surface area (TPSA) is 106 Å². The number of nitrogens with one attached hydrogen (secondary N) is 1. The first-order chi connectivity index (χ1) is 13.2. The van der Waals surface area contributed by atoms with E-state index in [2.05, 4.69) is 4.72 Å². The summed E-state index contributed by atoms with van der Waals surface area (Å²) in [7, 11) is -5.75. The molecule has 3 heterocycles. The Balaban J connectivity index is 1.54. The number of hydrogen-bond acceptors (Lipinski definition) is 7. The van der Waals surface area contributed by atoms with Crippen molar-refractivity contribution in [2.75, 3.05) is 13.1 Å². The van der Waals surface area contributed by atoms with Crippen LogP contribution in [0.5, 0.6) is 0 Å². The highest BCUT2D eigenvalue weighted by Gasteiger charge is 2.35. The van der Waals surface area contributed by atoms with Gasteiger partial charge in [0.1, 0.15) is 4.21 Å². The van der Waals surface area contributed by atoms with Crippen molar-refractivity contribution in [3.63, 3.8) is 0 Å². The van der Waals surface area contributed by atoms with E-state index < -0.39 is 26.1 Å². The maximum absolute atomic E-state index is 12.8. The van der Waals surface area contributed by atoms with Gasteiger partial charge in [-0.05, 0) is 47.6 Å². The summed E-state index contributed by atoms with van der Waals surface area (Å²) in [6.45, 7) is 0.319. The van der Waals surface area contributed by atoms with Gasteiger partial charge in [-0.3, -0.25) is 8.75 Å². The highest BCUT2D eigenvalue weighted by molar-refractivity contribution is 7.91. The summed E-state index contributed by atoms with van der Waals surface area (Å²) in [4.78, 5) is 12.0. The quantitative estimate of drug-likeness (QED) is 0.621. The predicted octanol–water partition coefficient (Wildman–Crippen LogP) is 1.40. The van der Waals surface area contributed by atoms with Crippen molar-refractivity contribution in [1.29, 1.82) is 0 Å². The molecule has 150 valence electrons. The van der Waals surface area contributed by atoms with E-state index in [0.717, 1.165) is 22.9 Å². The highest BCUT2D eigenvalue weighted by Crippen LogP contribution is 2.25. The first-order valence-electron chi connectivity index (χ1n) is 8.34. The van der Waals surface area contributed by atoms with E-state index in [4.69, 9.17) is 0 Å². The summed E-state index contributed by atoms with van der Waals surface area (Å²) in [5.74, 6) is 0. The molecular weight excluding hydrogens is 442 g/mol. The lowest BCUT2D eigenvalue weighted by Crippen LogP contribution is -2.38. The minimum absolute atomic E-state index is 0.00457. The Morgan fingerprint density at radius 1 is 1.18 bits per heavy atom. The summed E-state index contributed by atoms with van der Waals surface area (Å²) in [5, 5.41) is 2.04. The minimum atomic E-state index is -3.88. The fourth-order valence-corrected chi connectivity index (χ4v) is 7.91. The SMILES string of the molecule is Cn1sc(=O)c2cc(S(=O)(=O)NC3CCN(S(=O)(=O)c4cccs4)C3)ccc21. The molecule has 0 aliphatic carbocycles. The van der Waals surface area contributed by atoms with Crippen LogP contribution in [0.15, 0.2) is 49.6 Å². The van der Waals surface area contributed by atoms with Crippen LogP contribution in [0.25, 0.3) is 10.9 Å². The van der Waals surface area contributed by atoms with Crippen LogP contribution in [-0.2, 0) is 27.1 Å². The number of benzene rings is 1. The van der Waals surface area contributed by atoms with Crippen LogP contribution in [0.2, 0.25) is 0 Å². The molecule has 1 aliphatic rings. The molecular formula is C16H17N3O5S4. The third kappa shape index (κ3) is 3.44. The molecule has 4 rings (SSSR count). The summed E-state index contributed by atoms with van der Waals surface area (Å²) in [6, 6.07) is 7.09. The molecule has 0 radical (unpaired) electrons. The normalized spacial score (nSPS) is 18.8. The molecule has 1 aromatic carbocycles. The molecule has 1 fully saturated rings. The first-order valence-corrected chi connectivity index (χ1v) is 12.9. The van der Waals surface area contributed by atoms with Gasteiger partial charge in [0.2, 0.25) is 10.0 Å². The van der Waals surface area contributed by atoms with Crippen molar-refractivity contribution < 1.29 is 16.8 Å². The minimum Gasteiger partial charge on any atom is -0.297 e. The van der Waals surface area contributed by atoms with Gasteiger partial charge in [0, 0.05) is 26.2 Å². The molecule has 12 heteroatoms. The van der Waals surface area contributed by atoms with Gasteiger partial charge in [-0.2, -0.15) is 4.31 Å². The number of aromatic nitrogens is 1. The van der Waals surface area contributed by atoms with E-state index in [9.17, 15) is 21.6 Å². The lowest BCUT2D eigenvalue weighted by molar-refractivity contribution is 0.469. The second-order valence-corrected chi connectivity index (χ2v) is 12.4. The highest BCUT2D eigenvalue weighted by atomic mass is 32.2. The van der Waals surface area contributed by atoms with Gasteiger partial charge in [0.25, 0.3) is 14.8 Å². The van der Waals surface area contributed by atoms with Crippen molar-refractivity contribution in [2.45, 2.75) is 21.6 Å². The standard InChI is InChI=1S/C16H17N3O5S4/c1-18-14-5-4-12(9-13(14)16(20)26-18)27(21,22)17-11-6-7-19(10-11)28(23,24)15-3-2-8-25-15/h2-5,8-9,11,17H,6-7,10H2,1H3. The Labute approximate surface area is 170 Å². The average molecular weight is 460 g/mol. The Morgan fingerprint density at radius 3 is 2.68 bits per heavy atom. The smallest absolute Gasteiger partial charge is 0.257 e. The van der Waals surface area contributed by atoms with Crippen LogP contribution in [0.4, 0.5) is 0 Å². The number of fused-ring (bicyclic) bond motifs is 1. The zero-order chi connectivity index (χ0) is 20.1. The molecule has 1 saturated heterocycles. The van der Waals surface area contributed by atoms with Crippen LogP contribution >= 0.6 is 22.9 Å². The van der Waals surface area contributed by atoms with Crippen LogP contribution in [-0.4, -0.2) is 44.2 Å². The van der Waals surface area contributed by atoms with E-state index in [1.54, 1.807) is 28.5 Å². The van der Waals surface area contributed by atoms with Gasteiger partial charge in [-0.25, -0.2) is 21.6 Å². The molecule has 28 heavy (non-hydrogen) atoms. The Hall–Kier alpha value is -1.57. The van der Waals surface area contributed by atoms with Crippen molar-refractivity contribution in [1.82, 2.24) is 13.0 Å². The molecule has 1 N–H and O–H groups in total. The second-order valence-electron chi connectivity index (χ2n) is 6.46. The van der Waals surface area contributed by atoms with Gasteiger partial charge in [-0.15, -0.1) is 11.3 Å². The average Bonchev–Trinajstić information content (AvgIpc) is 3.37. The molecule has 1 unspecified atom stereocenters. The fraction of sp³-hybridized carbons (Fsp3) is 0.312. The lowest BCUT2D eigenvalue weighted by Gasteiger charge is -2.16. The van der Waals surface area contributed by atoms with Crippen molar-refractivity contribution in [3.05, 3.63) is 45.2 Å². The zero-order valence-electron chi connectivity index (χ0n) is 14.7. The second kappa shape index (κ2) is 7.04. The van der Waals surface area contributed by atoms with E-state index >= 15 is 0 Å². The molecule has 0 bridgehead atoms. The molecule has 1 aliphatic heterocycles. The van der Waals surface area contributed by atoms with Gasteiger partial charge in [-0.1, -0.05) is 6.07 Å². The first kappa shape index (κ1) is 19.7. The fourth-order valence-electron chi connectivity index (χ4n) is 3.21. The van der Waals surface area contributed by atoms with Crippen molar-refractivity contribution in [2.24, 2.45) is 7.05 Å². The largest absolute Gasteiger partial charge is 0.297 e. The number of rotatable bonds is 5. The van der Waals surface area contributed by atoms with Gasteiger partial charge in [0.05, 0.1) is 15.8 Å². The Bertz CT molecular complexity index is 1290. The number of hydrogen-bond donors (Lipinski definition) is 1. The van der Waals surface area contributed by atoms with E-state index in [-0.39, 0.29) is 26.9 Å². The molecule has 2 aromatic heterocycles. The molecule has 0 amide bonds. The monoisotopic (exact) mass is 459 g/mol. The van der Waals surface area contributed by atoms with E-state index in [0.29, 0.717) is 17.3 Å².